The molecule has 4 aromatic rings. The molecule has 0 spiro atoms. The third-order valence-corrected chi connectivity index (χ3v) is 8.12. The van der Waals surface area contributed by atoms with Gasteiger partial charge in [-0.05, 0) is 80.3 Å². The quantitative estimate of drug-likeness (QED) is 0.129. The number of esters is 1. The van der Waals surface area contributed by atoms with E-state index in [4.69, 9.17) is 9.47 Å². The molecule has 0 unspecified atom stereocenters. The molecule has 10 nitrogen and oxygen atoms in total. The highest BCUT2D eigenvalue weighted by Crippen LogP contribution is 2.26. The number of hydrogen-bond acceptors (Lipinski definition) is 9. The number of benzene rings is 3. The van der Waals surface area contributed by atoms with Gasteiger partial charge in [0.05, 0.1) is 32.0 Å². The lowest BCUT2D eigenvalue weighted by Crippen LogP contribution is -2.33. The maximum atomic E-state index is 13.3. The number of nitrogens with zero attached hydrogens (tertiary/aromatic N) is 2. The number of aromatic hydroxyl groups is 1. The summed E-state index contributed by atoms with van der Waals surface area (Å²) >= 11 is 1.46. The average molecular weight is 631 g/mol. The topological polar surface area (TPSA) is 130 Å². The summed E-state index contributed by atoms with van der Waals surface area (Å²) < 4.78 is 10.1. The molecule has 0 aliphatic rings. The van der Waals surface area contributed by atoms with Gasteiger partial charge < -0.3 is 30.1 Å². The monoisotopic (exact) mass is 630 g/mol. The highest BCUT2D eigenvalue weighted by Gasteiger charge is 2.21. The van der Waals surface area contributed by atoms with Crippen molar-refractivity contribution in [2.45, 2.75) is 45.8 Å². The number of carbonyl (C=O) groups excluding carboxylic acids is 3. The van der Waals surface area contributed by atoms with Gasteiger partial charge in [0.15, 0.2) is 0 Å². The van der Waals surface area contributed by atoms with Crippen molar-refractivity contribution in [3.63, 3.8) is 0 Å². The normalized spacial score (nSPS) is 11.4. The van der Waals surface area contributed by atoms with Gasteiger partial charge in [-0.25, -0.2) is 9.78 Å². The van der Waals surface area contributed by atoms with Crippen LogP contribution in [0.5, 0.6) is 11.5 Å². The van der Waals surface area contributed by atoms with Crippen LogP contribution in [0.4, 0.5) is 5.69 Å². The second-order valence-electron chi connectivity index (χ2n) is 10.8. The van der Waals surface area contributed by atoms with Gasteiger partial charge in [-0.15, -0.1) is 11.3 Å². The Morgan fingerprint density at radius 3 is 2.44 bits per heavy atom. The Morgan fingerprint density at radius 1 is 1.00 bits per heavy atom. The van der Waals surface area contributed by atoms with Gasteiger partial charge in [0, 0.05) is 41.8 Å². The molecule has 4 rings (SSSR count). The number of rotatable bonds is 13. The van der Waals surface area contributed by atoms with Gasteiger partial charge in [0.2, 0.25) is 0 Å². The van der Waals surface area contributed by atoms with Crippen molar-refractivity contribution in [3.8, 4) is 11.5 Å². The zero-order valence-electron chi connectivity index (χ0n) is 26.0. The van der Waals surface area contributed by atoms with Crippen molar-refractivity contribution in [2.24, 2.45) is 0 Å². The summed E-state index contributed by atoms with van der Waals surface area (Å²) in [7, 11) is 4.51. The first-order chi connectivity index (χ1) is 21.6. The number of methoxy groups -OCH3 is 2. The van der Waals surface area contributed by atoms with Gasteiger partial charge in [-0.2, -0.15) is 0 Å². The number of carbonyl (C=O) groups is 3. The lowest BCUT2D eigenvalue weighted by molar-refractivity contribution is 0.0600. The molecular formula is C34H38N4O6S. The maximum Gasteiger partial charge on any atom is 0.337 e. The van der Waals surface area contributed by atoms with E-state index in [9.17, 15) is 19.5 Å². The predicted octanol–water partition coefficient (Wildman–Crippen LogP) is 5.59. The molecule has 0 radical (unpaired) electrons. The Bertz CT molecular complexity index is 1670. The van der Waals surface area contributed by atoms with Crippen molar-refractivity contribution >= 4 is 34.8 Å². The number of aromatic nitrogens is 1. The molecule has 1 atom stereocenters. The van der Waals surface area contributed by atoms with E-state index in [1.807, 2.05) is 55.6 Å². The van der Waals surface area contributed by atoms with Gasteiger partial charge in [0.1, 0.15) is 16.5 Å². The number of amides is 2. The Hall–Kier alpha value is -4.90. The fourth-order valence-corrected chi connectivity index (χ4v) is 5.54. The van der Waals surface area contributed by atoms with Gasteiger partial charge in [-0.3, -0.25) is 9.59 Å². The van der Waals surface area contributed by atoms with Crippen LogP contribution in [-0.2, 0) is 24.2 Å². The Morgan fingerprint density at radius 2 is 1.76 bits per heavy atom. The molecule has 0 saturated carbocycles. The Balaban J connectivity index is 1.37. The highest BCUT2D eigenvalue weighted by atomic mass is 32.1. The van der Waals surface area contributed by atoms with Crippen LogP contribution >= 0.6 is 11.3 Å². The first-order valence-corrected chi connectivity index (χ1v) is 15.3. The summed E-state index contributed by atoms with van der Waals surface area (Å²) in [6.07, 6.45) is 1.21. The van der Waals surface area contributed by atoms with Gasteiger partial charge in [0.25, 0.3) is 11.8 Å². The molecule has 236 valence electrons. The van der Waals surface area contributed by atoms with Gasteiger partial charge >= 0.3 is 5.97 Å². The number of aryl methyl sites for hydroxylation is 2. The maximum absolute atomic E-state index is 13.3. The molecule has 3 aromatic carbocycles. The number of anilines is 1. The molecular weight excluding hydrogens is 592 g/mol. The predicted molar refractivity (Wildman–Crippen MR) is 174 cm³/mol. The van der Waals surface area contributed by atoms with E-state index in [0.29, 0.717) is 31.6 Å². The number of phenolic OH excluding ortho intramolecular Hbond substituents is 1. The van der Waals surface area contributed by atoms with Crippen molar-refractivity contribution in [1.82, 2.24) is 15.2 Å². The van der Waals surface area contributed by atoms with E-state index < -0.39 is 11.9 Å². The zero-order chi connectivity index (χ0) is 32.5. The molecule has 2 amide bonds. The van der Waals surface area contributed by atoms with E-state index in [2.05, 4.69) is 15.6 Å². The van der Waals surface area contributed by atoms with E-state index in [0.717, 1.165) is 27.6 Å². The Labute approximate surface area is 267 Å². The molecule has 11 heteroatoms. The molecule has 0 bridgehead atoms. The van der Waals surface area contributed by atoms with Crippen LogP contribution in [0.1, 0.15) is 66.2 Å². The number of ether oxygens (including phenoxy) is 2. The minimum Gasteiger partial charge on any atom is -0.506 e. The van der Waals surface area contributed by atoms with Crippen LogP contribution in [0.25, 0.3) is 0 Å². The highest BCUT2D eigenvalue weighted by molar-refractivity contribution is 7.09. The molecule has 1 heterocycles. The largest absolute Gasteiger partial charge is 0.506 e. The second-order valence-corrected chi connectivity index (χ2v) is 11.7. The number of nitrogens with one attached hydrogen (secondary N) is 2. The van der Waals surface area contributed by atoms with E-state index in [1.165, 1.54) is 41.5 Å². The molecule has 0 aliphatic carbocycles. The van der Waals surface area contributed by atoms with Crippen molar-refractivity contribution in [2.75, 3.05) is 26.6 Å². The van der Waals surface area contributed by atoms with E-state index in [-0.39, 0.29) is 34.4 Å². The lowest BCUT2D eigenvalue weighted by Gasteiger charge is -2.18. The SMILES string of the molecule is COC(=O)c1cc(C(=O)N[C@@H](C)CCc2ccc(NCc3cccc(OC)c3)c(O)c2)cc(C(=O)N(C)Cc2nc(C)cs2)c1. The van der Waals surface area contributed by atoms with Crippen LogP contribution in [-0.4, -0.2) is 60.1 Å². The fourth-order valence-electron chi connectivity index (χ4n) is 4.71. The molecule has 0 saturated heterocycles. The van der Waals surface area contributed by atoms with Crippen molar-refractivity contribution in [3.05, 3.63) is 105 Å². The van der Waals surface area contributed by atoms with Crippen LogP contribution in [0, 0.1) is 6.92 Å². The molecule has 45 heavy (non-hydrogen) atoms. The van der Waals surface area contributed by atoms with Crippen LogP contribution in [0.2, 0.25) is 0 Å². The standard InChI is InChI=1S/C34H38N4O6S/c1-21(9-10-23-11-12-29(30(39)14-23)35-18-24-7-6-8-28(13-24)43-4)37-32(40)25-15-26(17-27(16-25)34(42)44-5)33(41)38(3)19-31-36-22(2)20-45-31/h6-8,11-17,20-21,35,39H,9-10,18-19H2,1-5H3,(H,37,40)/t21-/m0/s1. The summed E-state index contributed by atoms with van der Waals surface area (Å²) in [5.41, 5.74) is 3.91. The number of thiazole rings is 1. The minimum atomic E-state index is -0.647. The molecule has 3 N–H and O–H groups in total. The van der Waals surface area contributed by atoms with Crippen molar-refractivity contribution < 1.29 is 29.0 Å². The van der Waals surface area contributed by atoms with E-state index in [1.54, 1.807) is 20.2 Å². The third-order valence-electron chi connectivity index (χ3n) is 7.17. The van der Waals surface area contributed by atoms with Crippen molar-refractivity contribution in [1.29, 1.82) is 0 Å². The lowest BCUT2D eigenvalue weighted by atomic mass is 10.0. The average Bonchev–Trinajstić information content (AvgIpc) is 3.46. The van der Waals surface area contributed by atoms with Crippen LogP contribution in [0.3, 0.4) is 0 Å². The summed E-state index contributed by atoms with van der Waals surface area (Å²) in [5.74, 6) is -0.507. The van der Waals surface area contributed by atoms with Crippen LogP contribution < -0.4 is 15.4 Å². The first-order valence-electron chi connectivity index (χ1n) is 14.5. The summed E-state index contributed by atoms with van der Waals surface area (Å²) in [6, 6.07) is 17.3. The van der Waals surface area contributed by atoms with Crippen LogP contribution in [0.15, 0.2) is 66.0 Å². The zero-order valence-corrected chi connectivity index (χ0v) is 26.9. The smallest absolute Gasteiger partial charge is 0.337 e. The summed E-state index contributed by atoms with van der Waals surface area (Å²) in [5, 5.41) is 19.5. The first kappa shape index (κ1) is 33.0. The number of phenols is 1. The minimum absolute atomic E-state index is 0.107. The molecule has 0 fully saturated rings. The third kappa shape index (κ3) is 9.05. The Kier molecular flexibility index (Phi) is 11.2. The number of hydrogen-bond donors (Lipinski definition) is 3. The summed E-state index contributed by atoms with van der Waals surface area (Å²) in [4.78, 5) is 44.8. The summed E-state index contributed by atoms with van der Waals surface area (Å²) in [6.45, 7) is 4.59. The van der Waals surface area contributed by atoms with Gasteiger partial charge in [-0.1, -0.05) is 18.2 Å². The molecule has 1 aromatic heterocycles. The second kappa shape index (κ2) is 15.2. The van der Waals surface area contributed by atoms with E-state index >= 15 is 0 Å². The fraction of sp³-hybridized carbons (Fsp3) is 0.294. The molecule has 0 aliphatic heterocycles.